The highest BCUT2D eigenvalue weighted by molar-refractivity contribution is 6.00. The van der Waals surface area contributed by atoms with Crippen LogP contribution in [0.3, 0.4) is 0 Å². The fourth-order valence-electron chi connectivity index (χ4n) is 3.79. The summed E-state index contributed by atoms with van der Waals surface area (Å²) in [6, 6.07) is 1.76. The van der Waals surface area contributed by atoms with Crippen molar-refractivity contribution in [2.24, 2.45) is 5.73 Å². The predicted molar refractivity (Wildman–Crippen MR) is 120 cm³/mol. The minimum atomic E-state index is -0.508. The Kier molecular flexibility index (Phi) is 5.32. The van der Waals surface area contributed by atoms with Crippen molar-refractivity contribution in [1.82, 2.24) is 24.5 Å². The first-order valence-electron chi connectivity index (χ1n) is 10.3. The third-order valence-corrected chi connectivity index (χ3v) is 5.73. The van der Waals surface area contributed by atoms with E-state index in [1.807, 2.05) is 30.7 Å². The molecule has 2 unspecified atom stereocenters. The molecule has 1 aliphatic rings. The van der Waals surface area contributed by atoms with Crippen LogP contribution in [0.15, 0.2) is 24.7 Å². The molecular weight excluding hydrogens is 396 g/mol. The molecule has 0 aromatic carbocycles. The van der Waals surface area contributed by atoms with Crippen molar-refractivity contribution in [3.05, 3.63) is 35.8 Å². The summed E-state index contributed by atoms with van der Waals surface area (Å²) in [4.78, 5) is 17.6. The molecule has 4 rings (SSSR count). The van der Waals surface area contributed by atoms with E-state index in [4.69, 9.17) is 16.5 Å². The largest absolute Gasteiger partial charge is 0.405 e. The standard InChI is InChI=1S/C21H28N8O2/c1-11(2)28-10-14(12(6-7-22)19(28)23)16-8-18(24-3)29-20(26-16)13(9-25-29)21(31)27-15-4-5-17(15)30/h6-11,15,17,24,30H,4-5,22-23H2,1-3H3,(H,27,31)/b7-6-. The molecule has 3 aromatic rings. The van der Waals surface area contributed by atoms with Gasteiger partial charge in [0.1, 0.15) is 17.2 Å². The highest BCUT2D eigenvalue weighted by Crippen LogP contribution is 2.34. The van der Waals surface area contributed by atoms with E-state index in [-0.39, 0.29) is 18.0 Å². The Labute approximate surface area is 179 Å². The molecule has 10 nitrogen and oxygen atoms in total. The number of carbonyl (C=O) groups is 1. The number of aromatic nitrogens is 4. The Morgan fingerprint density at radius 3 is 2.74 bits per heavy atom. The van der Waals surface area contributed by atoms with Gasteiger partial charge in [-0.2, -0.15) is 9.61 Å². The Morgan fingerprint density at radius 1 is 1.39 bits per heavy atom. The molecule has 0 saturated heterocycles. The van der Waals surface area contributed by atoms with E-state index in [9.17, 15) is 9.90 Å². The van der Waals surface area contributed by atoms with Crippen molar-refractivity contribution in [3.8, 4) is 11.3 Å². The Hall–Kier alpha value is -3.53. The third kappa shape index (κ3) is 3.48. The molecule has 2 atom stereocenters. The SMILES string of the molecule is CNc1cc(-c2cn(C(C)C)c(N)c2/C=C\N)nc2c(C(=O)NC3CCC3O)cnn12. The van der Waals surface area contributed by atoms with Gasteiger partial charge >= 0.3 is 0 Å². The summed E-state index contributed by atoms with van der Waals surface area (Å²) < 4.78 is 3.54. The van der Waals surface area contributed by atoms with Gasteiger partial charge < -0.3 is 31.8 Å². The Morgan fingerprint density at radius 2 is 2.16 bits per heavy atom. The lowest BCUT2D eigenvalue weighted by Crippen LogP contribution is -2.50. The molecule has 31 heavy (non-hydrogen) atoms. The summed E-state index contributed by atoms with van der Waals surface area (Å²) >= 11 is 0. The lowest BCUT2D eigenvalue weighted by Gasteiger charge is -2.32. The van der Waals surface area contributed by atoms with Crippen LogP contribution in [-0.2, 0) is 0 Å². The molecule has 0 radical (unpaired) electrons. The summed E-state index contributed by atoms with van der Waals surface area (Å²) in [6.07, 6.45) is 7.55. The molecule has 3 heterocycles. The van der Waals surface area contributed by atoms with Crippen LogP contribution in [-0.4, -0.2) is 49.4 Å². The number of hydrogen-bond donors (Lipinski definition) is 5. The molecule has 10 heteroatoms. The van der Waals surface area contributed by atoms with Crippen LogP contribution in [0.2, 0.25) is 0 Å². The van der Waals surface area contributed by atoms with Crippen LogP contribution in [0.4, 0.5) is 11.6 Å². The van der Waals surface area contributed by atoms with Gasteiger partial charge in [-0.05, 0) is 39.0 Å². The van der Waals surface area contributed by atoms with Gasteiger partial charge in [-0.1, -0.05) is 0 Å². The number of hydrogen-bond acceptors (Lipinski definition) is 7. The van der Waals surface area contributed by atoms with Crippen LogP contribution in [0.25, 0.3) is 23.0 Å². The van der Waals surface area contributed by atoms with E-state index >= 15 is 0 Å². The number of carbonyl (C=O) groups excluding carboxylic acids is 1. The zero-order chi connectivity index (χ0) is 22.3. The number of anilines is 2. The number of nitrogen functional groups attached to an aromatic ring is 1. The maximum absolute atomic E-state index is 12.8. The number of amides is 1. The molecule has 1 saturated carbocycles. The average Bonchev–Trinajstić information content (AvgIpc) is 3.32. The topological polar surface area (TPSA) is 149 Å². The van der Waals surface area contributed by atoms with E-state index in [1.165, 1.54) is 12.4 Å². The number of rotatable bonds is 6. The van der Waals surface area contributed by atoms with Crippen molar-refractivity contribution in [3.63, 3.8) is 0 Å². The monoisotopic (exact) mass is 424 g/mol. The smallest absolute Gasteiger partial charge is 0.257 e. The summed E-state index contributed by atoms with van der Waals surface area (Å²) in [7, 11) is 1.78. The van der Waals surface area contributed by atoms with Crippen molar-refractivity contribution in [1.29, 1.82) is 0 Å². The lowest BCUT2D eigenvalue weighted by molar-refractivity contribution is 0.0448. The third-order valence-electron chi connectivity index (χ3n) is 5.73. The second-order valence-corrected chi connectivity index (χ2v) is 8.00. The number of aliphatic hydroxyl groups excluding tert-OH is 1. The van der Waals surface area contributed by atoms with E-state index in [0.29, 0.717) is 35.0 Å². The van der Waals surface area contributed by atoms with Gasteiger partial charge in [0, 0.05) is 36.5 Å². The maximum Gasteiger partial charge on any atom is 0.257 e. The van der Waals surface area contributed by atoms with Crippen LogP contribution in [0, 0.1) is 0 Å². The highest BCUT2D eigenvalue weighted by Gasteiger charge is 2.31. The van der Waals surface area contributed by atoms with Gasteiger partial charge in [-0.15, -0.1) is 0 Å². The number of fused-ring (bicyclic) bond motifs is 1. The second-order valence-electron chi connectivity index (χ2n) is 8.00. The molecule has 164 valence electrons. The summed E-state index contributed by atoms with van der Waals surface area (Å²) in [5.41, 5.74) is 15.0. The summed E-state index contributed by atoms with van der Waals surface area (Å²) in [5, 5.41) is 20.1. The zero-order valence-electron chi connectivity index (χ0n) is 17.8. The number of nitrogens with one attached hydrogen (secondary N) is 2. The summed E-state index contributed by atoms with van der Waals surface area (Å²) in [6.45, 7) is 4.08. The fourth-order valence-corrected chi connectivity index (χ4v) is 3.79. The normalized spacial score (nSPS) is 18.6. The van der Waals surface area contributed by atoms with Crippen LogP contribution in [0.1, 0.15) is 48.7 Å². The maximum atomic E-state index is 12.8. The fraction of sp³-hybridized carbons (Fsp3) is 0.381. The van der Waals surface area contributed by atoms with E-state index in [1.54, 1.807) is 17.6 Å². The van der Waals surface area contributed by atoms with Crippen molar-refractivity contribution in [2.45, 2.75) is 44.9 Å². The van der Waals surface area contributed by atoms with E-state index in [0.717, 1.165) is 17.5 Å². The minimum absolute atomic E-state index is 0.149. The van der Waals surface area contributed by atoms with Gasteiger partial charge in [-0.25, -0.2) is 4.98 Å². The van der Waals surface area contributed by atoms with Gasteiger partial charge in [0.2, 0.25) is 0 Å². The van der Waals surface area contributed by atoms with Crippen LogP contribution >= 0.6 is 0 Å². The highest BCUT2D eigenvalue weighted by atomic mass is 16.3. The second kappa shape index (κ2) is 7.95. The van der Waals surface area contributed by atoms with E-state index < -0.39 is 6.10 Å². The van der Waals surface area contributed by atoms with Crippen molar-refractivity contribution in [2.75, 3.05) is 18.1 Å². The Balaban J connectivity index is 1.84. The average molecular weight is 425 g/mol. The Bertz CT molecular complexity index is 1160. The van der Waals surface area contributed by atoms with Crippen molar-refractivity contribution < 1.29 is 9.90 Å². The van der Waals surface area contributed by atoms with Gasteiger partial charge in [0.25, 0.3) is 5.91 Å². The van der Waals surface area contributed by atoms with Crippen molar-refractivity contribution >= 4 is 29.3 Å². The molecule has 1 fully saturated rings. The predicted octanol–water partition coefficient (Wildman–Crippen LogP) is 1.59. The molecule has 0 aliphatic heterocycles. The minimum Gasteiger partial charge on any atom is -0.405 e. The first-order valence-corrected chi connectivity index (χ1v) is 10.3. The summed E-state index contributed by atoms with van der Waals surface area (Å²) in [5.74, 6) is 0.942. The number of nitrogens with two attached hydrogens (primary N) is 2. The quantitative estimate of drug-likeness (QED) is 0.403. The van der Waals surface area contributed by atoms with Crippen LogP contribution < -0.4 is 22.1 Å². The molecule has 0 spiro atoms. The van der Waals surface area contributed by atoms with Gasteiger partial charge in [-0.3, -0.25) is 4.79 Å². The zero-order valence-corrected chi connectivity index (χ0v) is 17.8. The first-order chi connectivity index (χ1) is 14.8. The molecule has 7 N–H and O–H groups in total. The molecule has 0 bridgehead atoms. The molecule has 1 amide bonds. The first kappa shape index (κ1) is 20.7. The lowest BCUT2D eigenvalue weighted by atomic mass is 9.89. The molecule has 1 aliphatic carbocycles. The molecule has 3 aromatic heterocycles. The number of aliphatic hydroxyl groups is 1. The van der Waals surface area contributed by atoms with E-state index in [2.05, 4.69) is 15.7 Å². The number of nitrogens with zero attached hydrogens (tertiary/aromatic N) is 4. The van der Waals surface area contributed by atoms with Gasteiger partial charge in [0.05, 0.1) is 24.0 Å². The van der Waals surface area contributed by atoms with Crippen LogP contribution in [0.5, 0.6) is 0 Å². The molecular formula is C21H28N8O2. The van der Waals surface area contributed by atoms with Gasteiger partial charge in [0.15, 0.2) is 5.65 Å².